The number of pyridine rings is 1. The highest BCUT2D eigenvalue weighted by molar-refractivity contribution is 6.30. The molecule has 1 aromatic carbocycles. The van der Waals surface area contributed by atoms with Gasteiger partial charge in [-0.1, -0.05) is 29.8 Å². The third kappa shape index (κ3) is 3.79. The predicted octanol–water partition coefficient (Wildman–Crippen LogP) is 4.30. The number of benzene rings is 1. The molecule has 3 aromatic heterocycles. The van der Waals surface area contributed by atoms with Crippen LogP contribution in [0.25, 0.3) is 22.8 Å². The molecule has 0 saturated carbocycles. The van der Waals surface area contributed by atoms with Crippen molar-refractivity contribution in [1.29, 1.82) is 0 Å². The van der Waals surface area contributed by atoms with Crippen LogP contribution in [0.15, 0.2) is 70.2 Å². The number of H-pyrrole nitrogens is 1. The number of aromatic amines is 1. The average molecular weight is 419 g/mol. The van der Waals surface area contributed by atoms with E-state index in [-0.39, 0.29) is 5.56 Å². The number of rotatable bonds is 4. The maximum atomic E-state index is 12.6. The summed E-state index contributed by atoms with van der Waals surface area (Å²) < 4.78 is 5.36. The molecular formula is C23H19ClN4O2. The second-order valence-corrected chi connectivity index (χ2v) is 7.78. The molecule has 7 heteroatoms. The van der Waals surface area contributed by atoms with Crippen molar-refractivity contribution in [3.63, 3.8) is 0 Å². The topological polar surface area (TPSA) is 75.0 Å². The molecule has 0 saturated heterocycles. The van der Waals surface area contributed by atoms with Crippen molar-refractivity contribution < 1.29 is 4.42 Å². The van der Waals surface area contributed by atoms with Gasteiger partial charge in [-0.25, -0.2) is 4.98 Å². The number of hydrogen-bond donors (Lipinski definition) is 1. The van der Waals surface area contributed by atoms with E-state index in [0.29, 0.717) is 23.2 Å². The molecule has 0 atom stereocenters. The maximum absolute atomic E-state index is 12.6. The van der Waals surface area contributed by atoms with E-state index in [0.717, 1.165) is 47.6 Å². The largest absolute Gasteiger partial charge is 0.461 e. The first kappa shape index (κ1) is 18.8. The normalized spacial score (nSPS) is 13.9. The fourth-order valence-corrected chi connectivity index (χ4v) is 3.93. The molecule has 4 heterocycles. The summed E-state index contributed by atoms with van der Waals surface area (Å²) in [5, 5.41) is 0.694. The van der Waals surface area contributed by atoms with Crippen LogP contribution in [-0.2, 0) is 19.5 Å². The molecule has 30 heavy (non-hydrogen) atoms. The highest BCUT2D eigenvalue weighted by atomic mass is 35.5. The third-order valence-electron chi connectivity index (χ3n) is 5.25. The number of nitrogens with one attached hydrogen (secondary N) is 1. The van der Waals surface area contributed by atoms with Crippen molar-refractivity contribution in [3.05, 3.63) is 93.2 Å². The predicted molar refractivity (Wildman–Crippen MR) is 115 cm³/mol. The van der Waals surface area contributed by atoms with E-state index in [1.807, 2.05) is 36.5 Å². The minimum atomic E-state index is -0.106. The Kier molecular flexibility index (Phi) is 4.94. The summed E-state index contributed by atoms with van der Waals surface area (Å²) in [7, 11) is 0. The molecule has 1 aliphatic rings. The zero-order valence-electron chi connectivity index (χ0n) is 16.1. The SMILES string of the molecule is O=c1[nH]c(-c2ccco2)nc2c1CN(Cc1ccc(-c3cccc(Cl)c3)nc1)CC2. The van der Waals surface area contributed by atoms with Gasteiger partial charge in [-0.2, -0.15) is 0 Å². The molecule has 1 aliphatic heterocycles. The molecule has 0 amide bonds. The first-order valence-corrected chi connectivity index (χ1v) is 10.1. The van der Waals surface area contributed by atoms with E-state index in [1.165, 1.54) is 0 Å². The third-order valence-corrected chi connectivity index (χ3v) is 5.49. The highest BCUT2D eigenvalue weighted by Gasteiger charge is 2.22. The Morgan fingerprint density at radius 2 is 2.10 bits per heavy atom. The lowest BCUT2D eigenvalue weighted by Crippen LogP contribution is -2.35. The molecule has 0 bridgehead atoms. The fourth-order valence-electron chi connectivity index (χ4n) is 3.74. The van der Waals surface area contributed by atoms with Gasteiger partial charge in [0.2, 0.25) is 0 Å². The van der Waals surface area contributed by atoms with Crippen molar-refractivity contribution in [1.82, 2.24) is 19.9 Å². The van der Waals surface area contributed by atoms with Crippen LogP contribution in [0.4, 0.5) is 0 Å². The number of halogens is 1. The molecule has 0 spiro atoms. The van der Waals surface area contributed by atoms with Gasteiger partial charge in [0, 0.05) is 42.8 Å². The van der Waals surface area contributed by atoms with Crippen LogP contribution in [-0.4, -0.2) is 26.4 Å². The number of hydrogen-bond acceptors (Lipinski definition) is 5. The molecule has 6 nitrogen and oxygen atoms in total. The Labute approximate surface area is 178 Å². The second-order valence-electron chi connectivity index (χ2n) is 7.34. The van der Waals surface area contributed by atoms with Gasteiger partial charge in [0.25, 0.3) is 5.56 Å². The standard InChI is InChI=1S/C23H19ClN4O2/c24-17-4-1-3-16(11-17)19-7-6-15(12-25-19)13-28-9-8-20-18(14-28)23(29)27-22(26-20)21-5-2-10-30-21/h1-7,10-12H,8-9,13-14H2,(H,26,27,29). The number of fused-ring (bicyclic) bond motifs is 1. The van der Waals surface area contributed by atoms with Crippen LogP contribution in [0.2, 0.25) is 5.02 Å². The molecule has 5 rings (SSSR count). The molecule has 0 unspecified atom stereocenters. The smallest absolute Gasteiger partial charge is 0.256 e. The van der Waals surface area contributed by atoms with Gasteiger partial charge in [0.05, 0.1) is 23.2 Å². The summed E-state index contributed by atoms with van der Waals surface area (Å²) in [6.07, 6.45) is 4.18. The van der Waals surface area contributed by atoms with Gasteiger partial charge in [0.1, 0.15) is 0 Å². The van der Waals surface area contributed by atoms with Crippen LogP contribution < -0.4 is 5.56 Å². The van der Waals surface area contributed by atoms with E-state index < -0.39 is 0 Å². The summed E-state index contributed by atoms with van der Waals surface area (Å²) in [5.74, 6) is 1.06. The molecule has 0 radical (unpaired) electrons. The van der Waals surface area contributed by atoms with Gasteiger partial charge >= 0.3 is 0 Å². The average Bonchev–Trinajstić information content (AvgIpc) is 3.30. The quantitative estimate of drug-likeness (QED) is 0.534. The van der Waals surface area contributed by atoms with Gasteiger partial charge in [-0.15, -0.1) is 0 Å². The molecule has 0 fully saturated rings. The monoisotopic (exact) mass is 418 g/mol. The van der Waals surface area contributed by atoms with Crippen LogP contribution in [0.5, 0.6) is 0 Å². The summed E-state index contributed by atoms with van der Waals surface area (Å²) in [5.41, 5.74) is 4.43. The first-order valence-electron chi connectivity index (χ1n) is 9.75. The Morgan fingerprint density at radius 3 is 2.87 bits per heavy atom. The van der Waals surface area contributed by atoms with E-state index in [4.69, 9.17) is 16.0 Å². The fraction of sp³-hybridized carbons (Fsp3) is 0.174. The summed E-state index contributed by atoms with van der Waals surface area (Å²) in [4.78, 5) is 26.9. The van der Waals surface area contributed by atoms with Crippen molar-refractivity contribution in [2.45, 2.75) is 19.5 Å². The molecule has 4 aromatic rings. The van der Waals surface area contributed by atoms with E-state index >= 15 is 0 Å². The van der Waals surface area contributed by atoms with E-state index in [9.17, 15) is 4.79 Å². The Balaban J connectivity index is 1.31. The van der Waals surface area contributed by atoms with E-state index in [1.54, 1.807) is 18.4 Å². The number of furan rings is 1. The molecule has 0 aliphatic carbocycles. The zero-order valence-corrected chi connectivity index (χ0v) is 16.9. The van der Waals surface area contributed by atoms with Crippen LogP contribution in [0.1, 0.15) is 16.8 Å². The van der Waals surface area contributed by atoms with Crippen LogP contribution in [0, 0.1) is 0 Å². The molecule has 150 valence electrons. The van der Waals surface area contributed by atoms with Crippen molar-refractivity contribution in [3.8, 4) is 22.8 Å². The first-order chi connectivity index (χ1) is 14.7. The van der Waals surface area contributed by atoms with Crippen molar-refractivity contribution in [2.75, 3.05) is 6.54 Å². The number of aromatic nitrogens is 3. The Morgan fingerprint density at radius 1 is 1.17 bits per heavy atom. The lowest BCUT2D eigenvalue weighted by molar-refractivity contribution is 0.241. The van der Waals surface area contributed by atoms with Crippen LogP contribution in [0.3, 0.4) is 0 Å². The zero-order chi connectivity index (χ0) is 20.5. The van der Waals surface area contributed by atoms with Crippen molar-refractivity contribution in [2.24, 2.45) is 0 Å². The maximum Gasteiger partial charge on any atom is 0.256 e. The number of nitrogens with zero attached hydrogens (tertiary/aromatic N) is 3. The van der Waals surface area contributed by atoms with Crippen LogP contribution >= 0.6 is 11.6 Å². The minimum absolute atomic E-state index is 0.106. The Bertz CT molecular complexity index is 1230. The lowest BCUT2D eigenvalue weighted by atomic mass is 10.1. The van der Waals surface area contributed by atoms with Gasteiger partial charge in [-0.3, -0.25) is 14.7 Å². The van der Waals surface area contributed by atoms with Gasteiger partial charge in [0.15, 0.2) is 11.6 Å². The minimum Gasteiger partial charge on any atom is -0.461 e. The summed E-state index contributed by atoms with van der Waals surface area (Å²) in [6, 6.07) is 15.3. The van der Waals surface area contributed by atoms with E-state index in [2.05, 4.69) is 25.9 Å². The van der Waals surface area contributed by atoms with Gasteiger partial charge in [-0.05, 0) is 35.9 Å². The molecular weight excluding hydrogens is 400 g/mol. The van der Waals surface area contributed by atoms with Gasteiger partial charge < -0.3 is 9.40 Å². The lowest BCUT2D eigenvalue weighted by Gasteiger charge is -2.27. The summed E-state index contributed by atoms with van der Waals surface area (Å²) >= 11 is 6.07. The molecule has 1 N–H and O–H groups in total. The summed E-state index contributed by atoms with van der Waals surface area (Å²) in [6.45, 7) is 2.12. The highest BCUT2D eigenvalue weighted by Crippen LogP contribution is 2.23. The second kappa shape index (κ2) is 7.89. The van der Waals surface area contributed by atoms with Crippen molar-refractivity contribution >= 4 is 11.6 Å². The Hall–Kier alpha value is -3.22.